The van der Waals surface area contributed by atoms with Crippen LogP contribution < -0.4 is 5.43 Å². The Hall–Kier alpha value is -1.13. The molecule has 0 spiro atoms. The van der Waals surface area contributed by atoms with Gasteiger partial charge in [-0.05, 0) is 52.7 Å². The zero-order valence-corrected chi connectivity index (χ0v) is 13.9. The number of aryl methyl sites for hydroxylation is 1. The van der Waals surface area contributed by atoms with E-state index < -0.39 is 0 Å². The molecule has 4 nitrogen and oxygen atoms in total. The van der Waals surface area contributed by atoms with Gasteiger partial charge in [-0.1, -0.05) is 6.92 Å². The Morgan fingerprint density at radius 1 is 1.33 bits per heavy atom. The fourth-order valence-corrected chi connectivity index (χ4v) is 3.30. The maximum absolute atomic E-state index is 12.0. The molecular weight excluding hydrogens is 262 g/mol. The van der Waals surface area contributed by atoms with Crippen molar-refractivity contribution in [3.8, 4) is 0 Å². The standard InChI is InChI=1S/C17H29N3O/c1-13(11-20-7-5-6-8-20)10-19(4)12-16-15(3)17(21)14(2)9-18-16/h9,13H,5-8,10-12H2,1-4H3,(H,18,21). The minimum absolute atomic E-state index is 0.169. The van der Waals surface area contributed by atoms with Gasteiger partial charge in [0.15, 0.2) is 5.43 Å². The van der Waals surface area contributed by atoms with Crippen LogP contribution in [0.2, 0.25) is 0 Å². The highest BCUT2D eigenvalue weighted by atomic mass is 16.1. The van der Waals surface area contributed by atoms with Gasteiger partial charge in [0.05, 0.1) is 0 Å². The summed E-state index contributed by atoms with van der Waals surface area (Å²) < 4.78 is 0. The molecule has 0 saturated carbocycles. The summed E-state index contributed by atoms with van der Waals surface area (Å²) in [7, 11) is 2.14. The lowest BCUT2D eigenvalue weighted by molar-refractivity contribution is 0.220. The second-order valence-electron chi connectivity index (χ2n) is 6.71. The van der Waals surface area contributed by atoms with Crippen LogP contribution in [0.4, 0.5) is 0 Å². The Kier molecular flexibility index (Phi) is 5.59. The lowest BCUT2D eigenvalue weighted by atomic mass is 10.1. The average Bonchev–Trinajstić information content (AvgIpc) is 2.92. The zero-order valence-electron chi connectivity index (χ0n) is 13.9. The first kappa shape index (κ1) is 16.2. The van der Waals surface area contributed by atoms with Crippen LogP contribution in [0.1, 0.15) is 36.6 Å². The van der Waals surface area contributed by atoms with Crippen molar-refractivity contribution in [2.75, 3.05) is 33.2 Å². The third-order valence-electron chi connectivity index (χ3n) is 4.43. The first-order valence-corrected chi connectivity index (χ1v) is 8.06. The lowest BCUT2D eigenvalue weighted by Gasteiger charge is -2.25. The van der Waals surface area contributed by atoms with E-state index in [9.17, 15) is 4.79 Å². The van der Waals surface area contributed by atoms with E-state index in [1.165, 1.54) is 32.5 Å². The van der Waals surface area contributed by atoms with Crippen LogP contribution in [0, 0.1) is 19.8 Å². The third kappa shape index (κ3) is 4.42. The maximum Gasteiger partial charge on any atom is 0.187 e. The van der Waals surface area contributed by atoms with Crippen LogP contribution in [0.15, 0.2) is 11.0 Å². The second kappa shape index (κ2) is 7.23. The Morgan fingerprint density at radius 3 is 2.67 bits per heavy atom. The molecule has 118 valence electrons. The quantitative estimate of drug-likeness (QED) is 0.873. The molecule has 1 aliphatic rings. The fraction of sp³-hybridized carbons (Fsp3) is 0.706. The number of nitrogens with zero attached hydrogens (tertiary/aromatic N) is 2. The first-order chi connectivity index (χ1) is 9.97. The molecule has 0 aliphatic carbocycles. The van der Waals surface area contributed by atoms with Gasteiger partial charge >= 0.3 is 0 Å². The van der Waals surface area contributed by atoms with Gasteiger partial charge in [-0.2, -0.15) is 0 Å². The predicted molar refractivity (Wildman–Crippen MR) is 87.7 cm³/mol. The maximum atomic E-state index is 12.0. The molecule has 0 bridgehead atoms. The van der Waals surface area contributed by atoms with E-state index in [4.69, 9.17) is 0 Å². The molecule has 1 aliphatic heterocycles. The summed E-state index contributed by atoms with van der Waals surface area (Å²) in [6.45, 7) is 11.7. The lowest BCUT2D eigenvalue weighted by Crippen LogP contribution is -2.33. The van der Waals surface area contributed by atoms with Crippen LogP contribution >= 0.6 is 0 Å². The molecule has 2 heterocycles. The highest BCUT2D eigenvalue weighted by Crippen LogP contribution is 2.12. The zero-order chi connectivity index (χ0) is 15.4. The Balaban J connectivity index is 1.87. The van der Waals surface area contributed by atoms with Crippen LogP contribution in [-0.2, 0) is 6.54 Å². The van der Waals surface area contributed by atoms with E-state index in [1.807, 2.05) is 20.0 Å². The van der Waals surface area contributed by atoms with Crippen molar-refractivity contribution in [3.05, 3.63) is 33.2 Å². The monoisotopic (exact) mass is 291 g/mol. The summed E-state index contributed by atoms with van der Waals surface area (Å²) in [4.78, 5) is 20.1. The van der Waals surface area contributed by atoms with Gasteiger partial charge in [0.2, 0.25) is 0 Å². The molecule has 1 saturated heterocycles. The van der Waals surface area contributed by atoms with E-state index in [1.54, 1.807) is 0 Å². The van der Waals surface area contributed by atoms with Gasteiger partial charge in [0.25, 0.3) is 0 Å². The molecule has 1 aromatic heterocycles. The van der Waals surface area contributed by atoms with Gasteiger partial charge in [0.1, 0.15) is 0 Å². The van der Waals surface area contributed by atoms with Crippen molar-refractivity contribution in [1.82, 2.24) is 14.8 Å². The number of aromatic nitrogens is 1. The number of hydrogen-bond acceptors (Lipinski definition) is 3. The topological polar surface area (TPSA) is 39.3 Å². The highest BCUT2D eigenvalue weighted by molar-refractivity contribution is 5.23. The molecule has 1 unspecified atom stereocenters. The molecule has 2 rings (SSSR count). The third-order valence-corrected chi connectivity index (χ3v) is 4.43. The van der Waals surface area contributed by atoms with Gasteiger partial charge in [0, 0.05) is 42.7 Å². The molecule has 0 amide bonds. The Labute approximate surface area is 128 Å². The van der Waals surface area contributed by atoms with Gasteiger partial charge in [-0.25, -0.2) is 0 Å². The van der Waals surface area contributed by atoms with E-state index in [2.05, 4.69) is 28.8 Å². The van der Waals surface area contributed by atoms with Crippen LogP contribution in [0.5, 0.6) is 0 Å². The van der Waals surface area contributed by atoms with Crippen molar-refractivity contribution < 1.29 is 0 Å². The van der Waals surface area contributed by atoms with Crippen LogP contribution in [0.25, 0.3) is 0 Å². The average molecular weight is 291 g/mol. The van der Waals surface area contributed by atoms with E-state index >= 15 is 0 Å². The largest absolute Gasteiger partial charge is 0.363 e. The Bertz CT molecular complexity index is 517. The summed E-state index contributed by atoms with van der Waals surface area (Å²) in [5.74, 6) is 0.658. The van der Waals surface area contributed by atoms with E-state index in [0.29, 0.717) is 5.92 Å². The number of H-pyrrole nitrogens is 1. The van der Waals surface area contributed by atoms with E-state index in [-0.39, 0.29) is 5.43 Å². The van der Waals surface area contributed by atoms with Gasteiger partial charge in [-0.3, -0.25) is 4.79 Å². The van der Waals surface area contributed by atoms with Gasteiger partial charge < -0.3 is 14.8 Å². The molecule has 1 atom stereocenters. The molecule has 0 aromatic carbocycles. The smallest absolute Gasteiger partial charge is 0.187 e. The number of rotatable bonds is 6. The summed E-state index contributed by atoms with van der Waals surface area (Å²) in [6.07, 6.45) is 4.53. The second-order valence-corrected chi connectivity index (χ2v) is 6.71. The summed E-state index contributed by atoms with van der Waals surface area (Å²) in [5, 5.41) is 0. The number of aromatic amines is 1. The fourth-order valence-electron chi connectivity index (χ4n) is 3.30. The summed E-state index contributed by atoms with van der Waals surface area (Å²) in [5.41, 5.74) is 2.86. The number of likely N-dealkylation sites (tertiary alicyclic amines) is 1. The number of hydrogen-bond donors (Lipinski definition) is 1. The Morgan fingerprint density at radius 2 is 2.00 bits per heavy atom. The SMILES string of the molecule is Cc1c[nH]c(CN(C)CC(C)CN2CCCC2)c(C)c1=O. The summed E-state index contributed by atoms with van der Waals surface area (Å²) >= 11 is 0. The molecule has 1 fully saturated rings. The van der Waals surface area contributed by atoms with Crippen molar-refractivity contribution >= 4 is 0 Å². The molecule has 4 heteroatoms. The predicted octanol–water partition coefficient (Wildman–Crippen LogP) is 2.16. The molecule has 0 radical (unpaired) electrons. The normalized spacial score (nSPS) is 17.6. The van der Waals surface area contributed by atoms with Crippen molar-refractivity contribution in [3.63, 3.8) is 0 Å². The number of nitrogens with one attached hydrogen (secondary N) is 1. The minimum Gasteiger partial charge on any atom is -0.363 e. The number of pyridine rings is 1. The summed E-state index contributed by atoms with van der Waals surface area (Å²) in [6, 6.07) is 0. The minimum atomic E-state index is 0.169. The molecule has 1 N–H and O–H groups in total. The van der Waals surface area contributed by atoms with Crippen molar-refractivity contribution in [2.24, 2.45) is 5.92 Å². The molecular formula is C17H29N3O. The van der Waals surface area contributed by atoms with Gasteiger partial charge in [-0.15, -0.1) is 0 Å². The highest BCUT2D eigenvalue weighted by Gasteiger charge is 2.16. The van der Waals surface area contributed by atoms with Crippen molar-refractivity contribution in [1.29, 1.82) is 0 Å². The molecule has 21 heavy (non-hydrogen) atoms. The first-order valence-electron chi connectivity index (χ1n) is 8.06. The van der Waals surface area contributed by atoms with E-state index in [0.717, 1.165) is 29.9 Å². The van der Waals surface area contributed by atoms with Crippen LogP contribution in [-0.4, -0.2) is 48.0 Å². The van der Waals surface area contributed by atoms with Crippen LogP contribution in [0.3, 0.4) is 0 Å². The molecule has 1 aromatic rings. The van der Waals surface area contributed by atoms with Crippen molar-refractivity contribution in [2.45, 2.75) is 40.2 Å².